The average Bonchev–Trinajstić information content (AvgIpc) is 3.17. The minimum atomic E-state index is -0.351. The Bertz CT molecular complexity index is 948. The number of esters is 1. The van der Waals surface area contributed by atoms with Gasteiger partial charge >= 0.3 is 5.97 Å². The van der Waals surface area contributed by atoms with E-state index in [1.807, 2.05) is 0 Å². The molecule has 0 aliphatic carbocycles. The summed E-state index contributed by atoms with van der Waals surface area (Å²) in [7, 11) is 0. The molecule has 146 valence electrons. The number of ether oxygens (including phenoxy) is 2. The third-order valence-electron chi connectivity index (χ3n) is 5.14. The topological polar surface area (TPSA) is 67.5 Å². The molecule has 6 nitrogen and oxygen atoms in total. The maximum Gasteiger partial charge on any atom is 0.356 e. The second-order valence-corrected chi connectivity index (χ2v) is 7.06. The van der Waals surface area contributed by atoms with E-state index in [4.69, 9.17) is 9.47 Å². The first-order valence-electron chi connectivity index (χ1n) is 9.74. The third-order valence-corrected chi connectivity index (χ3v) is 5.14. The number of carbonyl (C=O) groups is 1. The van der Waals surface area contributed by atoms with Crippen molar-refractivity contribution in [1.29, 1.82) is 0 Å². The molecule has 1 fully saturated rings. The lowest BCUT2D eigenvalue weighted by atomic mass is 9.99. The number of nitrogens with one attached hydrogen (secondary N) is 1. The van der Waals surface area contributed by atoms with E-state index in [1.165, 1.54) is 16.3 Å². The normalized spacial score (nSPS) is 17.7. The van der Waals surface area contributed by atoms with Crippen molar-refractivity contribution in [2.24, 2.45) is 0 Å². The van der Waals surface area contributed by atoms with Crippen LogP contribution in [0.2, 0.25) is 0 Å². The van der Waals surface area contributed by atoms with E-state index in [2.05, 4.69) is 57.6 Å². The predicted octanol–water partition coefficient (Wildman–Crippen LogP) is 3.18. The Hall–Kier alpha value is -2.70. The molecule has 0 radical (unpaired) electrons. The van der Waals surface area contributed by atoms with E-state index in [9.17, 15) is 4.79 Å². The van der Waals surface area contributed by atoms with Crippen molar-refractivity contribution in [3.05, 3.63) is 65.5 Å². The standard InChI is InChI=1S/C22H25N3O3/c1-2-27-22(26)21-18(13-23-24-21)14-25-10-11-28-19(15-25)12-17-8-5-7-16-6-3-4-9-20(16)17/h3-9,13,19H,2,10-12,14-15H2,1H3,(H,23,24). The van der Waals surface area contributed by atoms with Gasteiger partial charge in [-0.15, -0.1) is 0 Å². The molecule has 3 aromatic rings. The molecule has 0 bridgehead atoms. The summed E-state index contributed by atoms with van der Waals surface area (Å²) in [6.45, 7) is 5.13. The number of hydrogen-bond acceptors (Lipinski definition) is 5. The summed E-state index contributed by atoms with van der Waals surface area (Å²) in [6.07, 6.45) is 2.70. The van der Waals surface area contributed by atoms with Crippen LogP contribution in [-0.2, 0) is 22.4 Å². The molecular formula is C22H25N3O3. The van der Waals surface area contributed by atoms with Crippen LogP contribution in [0.5, 0.6) is 0 Å². The molecule has 1 saturated heterocycles. The minimum Gasteiger partial charge on any atom is -0.461 e. The fraction of sp³-hybridized carbons (Fsp3) is 0.364. The van der Waals surface area contributed by atoms with Crippen LogP contribution in [0.4, 0.5) is 0 Å². The Morgan fingerprint density at radius 2 is 2.11 bits per heavy atom. The van der Waals surface area contributed by atoms with Gasteiger partial charge in [-0.1, -0.05) is 42.5 Å². The number of hydrogen-bond donors (Lipinski definition) is 1. The molecule has 0 spiro atoms. The number of H-pyrrole nitrogens is 1. The highest BCUT2D eigenvalue weighted by atomic mass is 16.5. The van der Waals surface area contributed by atoms with Crippen LogP contribution >= 0.6 is 0 Å². The Morgan fingerprint density at radius 3 is 3.00 bits per heavy atom. The van der Waals surface area contributed by atoms with Gasteiger partial charge in [-0.2, -0.15) is 5.10 Å². The van der Waals surface area contributed by atoms with Gasteiger partial charge in [0, 0.05) is 31.6 Å². The van der Waals surface area contributed by atoms with Gasteiger partial charge in [0.1, 0.15) is 5.69 Å². The summed E-state index contributed by atoms with van der Waals surface area (Å²) in [6, 6.07) is 14.9. The molecule has 0 amide bonds. The largest absolute Gasteiger partial charge is 0.461 e. The van der Waals surface area contributed by atoms with E-state index in [0.29, 0.717) is 25.5 Å². The quantitative estimate of drug-likeness (QED) is 0.666. The van der Waals surface area contributed by atoms with Gasteiger partial charge in [0.05, 0.1) is 25.5 Å². The van der Waals surface area contributed by atoms with E-state index < -0.39 is 0 Å². The number of benzene rings is 2. The van der Waals surface area contributed by atoms with Crippen LogP contribution in [0.1, 0.15) is 28.5 Å². The molecule has 1 aliphatic heterocycles. The summed E-state index contributed by atoms with van der Waals surface area (Å²) in [5.41, 5.74) is 2.61. The first kappa shape index (κ1) is 18.7. The van der Waals surface area contributed by atoms with E-state index in [-0.39, 0.29) is 12.1 Å². The molecule has 1 aromatic heterocycles. The molecule has 1 N–H and O–H groups in total. The molecule has 1 unspecified atom stereocenters. The molecule has 0 saturated carbocycles. The van der Waals surface area contributed by atoms with Gasteiger partial charge in [-0.3, -0.25) is 10.00 Å². The molecule has 2 heterocycles. The monoisotopic (exact) mass is 379 g/mol. The zero-order chi connectivity index (χ0) is 19.3. The lowest BCUT2D eigenvalue weighted by Gasteiger charge is -2.33. The fourth-order valence-corrected chi connectivity index (χ4v) is 3.82. The van der Waals surface area contributed by atoms with Crippen LogP contribution in [0.15, 0.2) is 48.7 Å². The summed E-state index contributed by atoms with van der Waals surface area (Å²) >= 11 is 0. The van der Waals surface area contributed by atoms with Crippen molar-refractivity contribution in [2.45, 2.75) is 26.0 Å². The Kier molecular flexibility index (Phi) is 5.69. The molecule has 1 atom stereocenters. The fourth-order valence-electron chi connectivity index (χ4n) is 3.82. The second kappa shape index (κ2) is 8.54. The lowest BCUT2D eigenvalue weighted by Crippen LogP contribution is -2.43. The molecule has 6 heteroatoms. The zero-order valence-electron chi connectivity index (χ0n) is 16.1. The van der Waals surface area contributed by atoms with Gasteiger partial charge in [-0.25, -0.2) is 4.79 Å². The minimum absolute atomic E-state index is 0.123. The first-order chi connectivity index (χ1) is 13.7. The smallest absolute Gasteiger partial charge is 0.356 e. The number of aromatic amines is 1. The Balaban J connectivity index is 1.44. The maximum atomic E-state index is 12.1. The van der Waals surface area contributed by atoms with Gasteiger partial charge < -0.3 is 9.47 Å². The van der Waals surface area contributed by atoms with Crippen molar-refractivity contribution in [2.75, 3.05) is 26.3 Å². The first-order valence-corrected chi connectivity index (χ1v) is 9.74. The summed E-state index contributed by atoms with van der Waals surface area (Å²) < 4.78 is 11.1. The molecule has 1 aliphatic rings. The van der Waals surface area contributed by atoms with Gasteiger partial charge in [0.25, 0.3) is 0 Å². The van der Waals surface area contributed by atoms with Crippen molar-refractivity contribution in [1.82, 2.24) is 15.1 Å². The van der Waals surface area contributed by atoms with Gasteiger partial charge in [0.2, 0.25) is 0 Å². The lowest BCUT2D eigenvalue weighted by molar-refractivity contribution is -0.0304. The van der Waals surface area contributed by atoms with Crippen LogP contribution in [0.3, 0.4) is 0 Å². The predicted molar refractivity (Wildman–Crippen MR) is 107 cm³/mol. The summed E-state index contributed by atoms with van der Waals surface area (Å²) in [5, 5.41) is 9.33. The number of morpholine rings is 1. The second-order valence-electron chi connectivity index (χ2n) is 7.06. The molecule has 4 rings (SSSR count). The highest BCUT2D eigenvalue weighted by Gasteiger charge is 2.24. The number of carbonyl (C=O) groups excluding carboxylic acids is 1. The van der Waals surface area contributed by atoms with Crippen molar-refractivity contribution in [3.63, 3.8) is 0 Å². The third kappa shape index (κ3) is 4.08. The average molecular weight is 379 g/mol. The van der Waals surface area contributed by atoms with Crippen molar-refractivity contribution >= 4 is 16.7 Å². The highest BCUT2D eigenvalue weighted by Crippen LogP contribution is 2.22. The number of rotatable bonds is 6. The number of nitrogens with zero attached hydrogens (tertiary/aromatic N) is 2. The SMILES string of the molecule is CCOC(=O)c1[nH]ncc1CN1CCOC(Cc2cccc3ccccc23)C1. The molecule has 28 heavy (non-hydrogen) atoms. The maximum absolute atomic E-state index is 12.1. The Morgan fingerprint density at radius 1 is 1.25 bits per heavy atom. The zero-order valence-corrected chi connectivity index (χ0v) is 16.1. The van der Waals surface area contributed by atoms with Crippen molar-refractivity contribution in [3.8, 4) is 0 Å². The van der Waals surface area contributed by atoms with E-state index in [0.717, 1.165) is 25.1 Å². The van der Waals surface area contributed by atoms with Gasteiger partial charge in [0.15, 0.2) is 0 Å². The molecular weight excluding hydrogens is 354 g/mol. The van der Waals surface area contributed by atoms with Crippen LogP contribution < -0.4 is 0 Å². The van der Waals surface area contributed by atoms with Crippen molar-refractivity contribution < 1.29 is 14.3 Å². The van der Waals surface area contributed by atoms with Crippen LogP contribution in [-0.4, -0.2) is 53.5 Å². The summed E-state index contributed by atoms with van der Waals surface area (Å²) in [4.78, 5) is 14.4. The van der Waals surface area contributed by atoms with Crippen LogP contribution in [0.25, 0.3) is 10.8 Å². The van der Waals surface area contributed by atoms with E-state index in [1.54, 1.807) is 13.1 Å². The number of aromatic nitrogens is 2. The van der Waals surface area contributed by atoms with Gasteiger partial charge in [-0.05, 0) is 23.3 Å². The highest BCUT2D eigenvalue weighted by molar-refractivity contribution is 5.88. The van der Waals surface area contributed by atoms with E-state index >= 15 is 0 Å². The van der Waals surface area contributed by atoms with Crippen LogP contribution in [0, 0.1) is 0 Å². The number of fused-ring (bicyclic) bond motifs is 1. The summed E-state index contributed by atoms with van der Waals surface area (Å²) in [5.74, 6) is -0.351. The molecule has 2 aromatic carbocycles. The Labute approximate surface area is 164 Å².